The molecule has 1 rings (SSSR count). The van der Waals surface area contributed by atoms with E-state index in [1.54, 1.807) is 0 Å². The van der Waals surface area contributed by atoms with Gasteiger partial charge in [0.15, 0.2) is 0 Å². The van der Waals surface area contributed by atoms with Crippen molar-refractivity contribution in [3.05, 3.63) is 0 Å². The van der Waals surface area contributed by atoms with Crippen molar-refractivity contribution in [2.24, 2.45) is 5.92 Å². The SMILES string of the molecule is CC(C)CN(C)CCN1CCN(C)C(=O)C1. The second-order valence-electron chi connectivity index (χ2n) is 5.25. The van der Waals surface area contributed by atoms with Crippen LogP contribution in [-0.2, 0) is 4.79 Å². The van der Waals surface area contributed by atoms with Gasteiger partial charge in [-0.1, -0.05) is 13.8 Å². The molecule has 4 heteroatoms. The van der Waals surface area contributed by atoms with Crippen molar-refractivity contribution in [2.75, 3.05) is 53.4 Å². The molecule has 1 saturated heterocycles. The molecule has 0 bridgehead atoms. The largest absolute Gasteiger partial charge is 0.343 e. The van der Waals surface area contributed by atoms with Gasteiger partial charge in [-0.15, -0.1) is 0 Å². The van der Waals surface area contributed by atoms with Gasteiger partial charge in [-0.2, -0.15) is 0 Å². The van der Waals surface area contributed by atoms with Crippen LogP contribution in [0.1, 0.15) is 13.8 Å². The Morgan fingerprint density at radius 1 is 1.38 bits per heavy atom. The highest BCUT2D eigenvalue weighted by atomic mass is 16.2. The third kappa shape index (κ3) is 4.49. The van der Waals surface area contributed by atoms with Gasteiger partial charge in [0.1, 0.15) is 0 Å². The number of rotatable bonds is 5. The highest BCUT2D eigenvalue weighted by Crippen LogP contribution is 2.01. The molecule has 1 fully saturated rings. The first-order valence-electron chi connectivity index (χ1n) is 6.14. The third-order valence-corrected chi connectivity index (χ3v) is 3.01. The smallest absolute Gasteiger partial charge is 0.236 e. The molecule has 1 aliphatic heterocycles. The Labute approximate surface area is 99.2 Å². The number of carbonyl (C=O) groups excluding carboxylic acids is 1. The van der Waals surface area contributed by atoms with Crippen molar-refractivity contribution in [3.8, 4) is 0 Å². The van der Waals surface area contributed by atoms with Crippen LogP contribution in [0, 0.1) is 5.92 Å². The summed E-state index contributed by atoms with van der Waals surface area (Å²) in [6.45, 7) is 10.1. The van der Waals surface area contributed by atoms with Crippen LogP contribution < -0.4 is 0 Å². The minimum Gasteiger partial charge on any atom is -0.343 e. The van der Waals surface area contributed by atoms with E-state index in [9.17, 15) is 4.79 Å². The first kappa shape index (κ1) is 13.5. The fourth-order valence-corrected chi connectivity index (χ4v) is 2.02. The summed E-state index contributed by atoms with van der Waals surface area (Å²) in [5.74, 6) is 0.955. The van der Waals surface area contributed by atoms with E-state index in [1.807, 2.05) is 11.9 Å². The van der Waals surface area contributed by atoms with Crippen LogP contribution >= 0.6 is 0 Å². The third-order valence-electron chi connectivity index (χ3n) is 3.01. The summed E-state index contributed by atoms with van der Waals surface area (Å²) in [5, 5.41) is 0. The van der Waals surface area contributed by atoms with Gasteiger partial charge in [-0.25, -0.2) is 0 Å². The molecule has 1 amide bonds. The normalized spacial score (nSPS) is 18.9. The summed E-state index contributed by atoms with van der Waals surface area (Å²) < 4.78 is 0. The first-order chi connectivity index (χ1) is 7.49. The molecule has 94 valence electrons. The van der Waals surface area contributed by atoms with Gasteiger partial charge in [0.25, 0.3) is 0 Å². The molecule has 0 aromatic rings. The minimum absolute atomic E-state index is 0.248. The van der Waals surface area contributed by atoms with E-state index in [-0.39, 0.29) is 5.91 Å². The number of hydrogen-bond acceptors (Lipinski definition) is 3. The van der Waals surface area contributed by atoms with Gasteiger partial charge in [0.05, 0.1) is 6.54 Å². The van der Waals surface area contributed by atoms with Crippen LogP contribution in [0.5, 0.6) is 0 Å². The molecule has 0 aromatic heterocycles. The van der Waals surface area contributed by atoms with Crippen molar-refractivity contribution < 1.29 is 4.79 Å². The number of amides is 1. The van der Waals surface area contributed by atoms with Gasteiger partial charge in [0, 0.05) is 39.8 Å². The van der Waals surface area contributed by atoms with E-state index in [0.717, 1.165) is 32.7 Å². The Hall–Kier alpha value is -0.610. The summed E-state index contributed by atoms with van der Waals surface area (Å²) in [5.41, 5.74) is 0. The molecule has 0 spiro atoms. The van der Waals surface area contributed by atoms with Gasteiger partial charge in [-0.3, -0.25) is 9.69 Å². The quantitative estimate of drug-likeness (QED) is 0.678. The van der Waals surface area contributed by atoms with Crippen LogP contribution in [0.25, 0.3) is 0 Å². The molecule has 0 aromatic carbocycles. The lowest BCUT2D eigenvalue weighted by Gasteiger charge is -2.33. The maximum Gasteiger partial charge on any atom is 0.236 e. The maximum absolute atomic E-state index is 11.5. The molecule has 16 heavy (non-hydrogen) atoms. The monoisotopic (exact) mass is 227 g/mol. The summed E-state index contributed by atoms with van der Waals surface area (Å²) in [4.78, 5) is 17.9. The first-order valence-corrected chi connectivity index (χ1v) is 6.14. The zero-order chi connectivity index (χ0) is 12.1. The highest BCUT2D eigenvalue weighted by molar-refractivity contribution is 5.78. The number of nitrogens with zero attached hydrogens (tertiary/aromatic N) is 3. The van der Waals surface area contributed by atoms with Gasteiger partial charge < -0.3 is 9.80 Å². The standard InChI is InChI=1S/C12H25N3O/c1-11(2)9-13(3)5-7-15-8-6-14(4)12(16)10-15/h11H,5-10H2,1-4H3. The van der Waals surface area contributed by atoms with E-state index < -0.39 is 0 Å². The van der Waals surface area contributed by atoms with Crippen LogP contribution in [-0.4, -0.2) is 74.0 Å². The lowest BCUT2D eigenvalue weighted by molar-refractivity contribution is -0.134. The zero-order valence-corrected chi connectivity index (χ0v) is 11.1. The average molecular weight is 227 g/mol. The molecule has 1 aliphatic rings. The Morgan fingerprint density at radius 2 is 2.06 bits per heavy atom. The van der Waals surface area contributed by atoms with Crippen LogP contribution in [0.2, 0.25) is 0 Å². The van der Waals surface area contributed by atoms with E-state index in [2.05, 4.69) is 30.7 Å². The summed E-state index contributed by atoms with van der Waals surface area (Å²) >= 11 is 0. The Bertz CT molecular complexity index is 230. The molecule has 0 unspecified atom stereocenters. The molecule has 0 atom stereocenters. The van der Waals surface area contributed by atoms with Crippen LogP contribution in [0.15, 0.2) is 0 Å². The molecule has 4 nitrogen and oxygen atoms in total. The van der Waals surface area contributed by atoms with Crippen molar-refractivity contribution >= 4 is 5.91 Å². The second-order valence-corrected chi connectivity index (χ2v) is 5.25. The fraction of sp³-hybridized carbons (Fsp3) is 0.917. The molecule has 0 aliphatic carbocycles. The number of piperazine rings is 1. The molecular formula is C12H25N3O. The number of hydrogen-bond donors (Lipinski definition) is 0. The van der Waals surface area contributed by atoms with Gasteiger partial charge >= 0.3 is 0 Å². The molecule has 0 radical (unpaired) electrons. The average Bonchev–Trinajstić information content (AvgIpc) is 2.19. The van der Waals surface area contributed by atoms with Crippen LogP contribution in [0.4, 0.5) is 0 Å². The summed E-state index contributed by atoms with van der Waals surface area (Å²) in [6.07, 6.45) is 0. The predicted octanol–water partition coefficient (Wildman–Crippen LogP) is 0.348. The van der Waals surface area contributed by atoms with Gasteiger partial charge in [0.2, 0.25) is 5.91 Å². The van der Waals surface area contributed by atoms with Gasteiger partial charge in [-0.05, 0) is 13.0 Å². The zero-order valence-electron chi connectivity index (χ0n) is 11.1. The predicted molar refractivity (Wildman–Crippen MR) is 66.4 cm³/mol. The minimum atomic E-state index is 0.248. The Balaban J connectivity index is 2.20. The number of carbonyl (C=O) groups is 1. The second kappa shape index (κ2) is 6.21. The van der Waals surface area contributed by atoms with E-state index >= 15 is 0 Å². The van der Waals surface area contributed by atoms with Crippen molar-refractivity contribution in [1.29, 1.82) is 0 Å². The lowest BCUT2D eigenvalue weighted by Crippen LogP contribution is -2.50. The van der Waals surface area contributed by atoms with Crippen LogP contribution in [0.3, 0.4) is 0 Å². The fourth-order valence-electron chi connectivity index (χ4n) is 2.02. The Kier molecular flexibility index (Phi) is 5.22. The molecule has 0 N–H and O–H groups in total. The summed E-state index contributed by atoms with van der Waals surface area (Å²) in [7, 11) is 4.03. The number of likely N-dealkylation sites (N-methyl/N-ethyl adjacent to an activating group) is 2. The van der Waals surface area contributed by atoms with E-state index in [1.165, 1.54) is 0 Å². The molecular weight excluding hydrogens is 202 g/mol. The highest BCUT2D eigenvalue weighted by Gasteiger charge is 2.20. The lowest BCUT2D eigenvalue weighted by atomic mass is 10.2. The topological polar surface area (TPSA) is 26.8 Å². The maximum atomic E-state index is 11.5. The molecule has 1 heterocycles. The van der Waals surface area contributed by atoms with E-state index in [0.29, 0.717) is 12.5 Å². The molecule has 0 saturated carbocycles. The van der Waals surface area contributed by atoms with Crippen molar-refractivity contribution in [3.63, 3.8) is 0 Å². The van der Waals surface area contributed by atoms with E-state index in [4.69, 9.17) is 0 Å². The van der Waals surface area contributed by atoms with Crippen molar-refractivity contribution in [1.82, 2.24) is 14.7 Å². The summed E-state index contributed by atoms with van der Waals surface area (Å²) in [6, 6.07) is 0. The van der Waals surface area contributed by atoms with Crippen molar-refractivity contribution in [2.45, 2.75) is 13.8 Å². The Morgan fingerprint density at radius 3 is 2.62 bits per heavy atom.